The van der Waals surface area contributed by atoms with Crippen molar-refractivity contribution in [2.45, 2.75) is 25.7 Å². The summed E-state index contributed by atoms with van der Waals surface area (Å²) in [6, 6.07) is 0. The maximum atomic E-state index is 11.5. The molecule has 2 unspecified atom stereocenters. The van der Waals surface area contributed by atoms with Crippen LogP contribution in [0.1, 0.15) is 13.3 Å². The summed E-state index contributed by atoms with van der Waals surface area (Å²) in [6.07, 6.45) is 0.00613. The second kappa shape index (κ2) is 7.03. The van der Waals surface area contributed by atoms with Crippen LogP contribution in [0.2, 0.25) is 0 Å². The van der Waals surface area contributed by atoms with E-state index in [1.165, 1.54) is 6.92 Å². The molecule has 0 saturated carbocycles. The van der Waals surface area contributed by atoms with Crippen molar-refractivity contribution in [1.29, 1.82) is 0 Å². The first-order valence-corrected chi connectivity index (χ1v) is 5.36. The summed E-state index contributed by atoms with van der Waals surface area (Å²) < 4.78 is 20.1. The fraction of sp³-hybridized carbons (Fsp3) is 0.636. The molecule has 0 amide bonds. The monoisotopic (exact) mass is 244 g/mol. The minimum absolute atomic E-state index is 0.188. The predicted octanol–water partition coefficient (Wildman–Crippen LogP) is 0.410. The summed E-state index contributed by atoms with van der Waals surface area (Å²) in [7, 11) is 0. The molecule has 0 aromatic rings. The van der Waals surface area contributed by atoms with Gasteiger partial charge in [-0.25, -0.2) is 9.59 Å². The van der Waals surface area contributed by atoms with E-state index in [0.717, 1.165) is 12.5 Å². The van der Waals surface area contributed by atoms with E-state index >= 15 is 0 Å². The van der Waals surface area contributed by atoms with E-state index in [9.17, 15) is 9.59 Å². The summed E-state index contributed by atoms with van der Waals surface area (Å²) in [5.74, 6) is -1.34. The van der Waals surface area contributed by atoms with E-state index in [0.29, 0.717) is 13.2 Å². The largest absolute Gasteiger partial charge is 0.447 e. The summed E-state index contributed by atoms with van der Waals surface area (Å²) in [4.78, 5) is 22.4. The van der Waals surface area contributed by atoms with Gasteiger partial charge >= 0.3 is 11.9 Å². The first-order valence-electron chi connectivity index (χ1n) is 5.36. The molecular formula is C11H16O6. The summed E-state index contributed by atoms with van der Waals surface area (Å²) >= 11 is 0. The molecule has 0 aromatic heterocycles. The van der Waals surface area contributed by atoms with Crippen LogP contribution in [0.25, 0.3) is 0 Å². The zero-order valence-electron chi connectivity index (χ0n) is 9.72. The van der Waals surface area contributed by atoms with Crippen molar-refractivity contribution in [1.82, 2.24) is 0 Å². The van der Waals surface area contributed by atoms with Gasteiger partial charge in [0, 0.05) is 12.7 Å². The highest BCUT2D eigenvalue weighted by Crippen LogP contribution is 2.06. The molecule has 0 aliphatic carbocycles. The van der Waals surface area contributed by atoms with Crippen molar-refractivity contribution in [3.05, 3.63) is 12.7 Å². The Kier molecular flexibility index (Phi) is 5.65. The maximum Gasteiger partial charge on any atom is 0.349 e. The van der Waals surface area contributed by atoms with E-state index in [2.05, 4.69) is 6.58 Å². The first kappa shape index (κ1) is 13.7. The molecule has 2 atom stereocenters. The number of carbonyl (C=O) groups is 2. The third-order valence-corrected chi connectivity index (χ3v) is 2.03. The molecule has 1 rings (SSSR count). The van der Waals surface area contributed by atoms with Crippen molar-refractivity contribution in [2.75, 3.05) is 19.8 Å². The number of rotatable bonds is 4. The predicted molar refractivity (Wildman–Crippen MR) is 57.0 cm³/mol. The first-order chi connectivity index (χ1) is 8.13. The molecule has 6 nitrogen and oxygen atoms in total. The summed E-state index contributed by atoms with van der Waals surface area (Å²) in [5, 5.41) is 0. The molecule has 96 valence electrons. The molecule has 1 fully saturated rings. The van der Waals surface area contributed by atoms with E-state index in [1.54, 1.807) is 0 Å². The van der Waals surface area contributed by atoms with Gasteiger partial charge in [0.1, 0.15) is 6.61 Å². The summed E-state index contributed by atoms with van der Waals surface area (Å²) in [5.41, 5.74) is 0. The molecular weight excluding hydrogens is 228 g/mol. The fourth-order valence-electron chi connectivity index (χ4n) is 1.17. The van der Waals surface area contributed by atoms with Crippen molar-refractivity contribution < 1.29 is 28.5 Å². The lowest BCUT2D eigenvalue weighted by Crippen LogP contribution is -2.32. The Balaban J connectivity index is 2.36. The molecule has 0 N–H and O–H groups in total. The molecule has 1 heterocycles. The highest BCUT2D eigenvalue weighted by Gasteiger charge is 2.23. The van der Waals surface area contributed by atoms with Crippen LogP contribution >= 0.6 is 0 Å². The van der Waals surface area contributed by atoms with Gasteiger partial charge in [-0.3, -0.25) is 0 Å². The van der Waals surface area contributed by atoms with E-state index < -0.39 is 24.3 Å². The quantitative estimate of drug-likeness (QED) is 0.527. The molecule has 0 bridgehead atoms. The molecule has 17 heavy (non-hydrogen) atoms. The lowest BCUT2D eigenvalue weighted by atomic mass is 10.4. The number of hydrogen-bond acceptors (Lipinski definition) is 6. The Labute approximate surface area is 99.5 Å². The molecule has 0 spiro atoms. The molecule has 1 saturated heterocycles. The van der Waals surface area contributed by atoms with Crippen LogP contribution in [0.3, 0.4) is 0 Å². The Morgan fingerprint density at radius 2 is 2.24 bits per heavy atom. The van der Waals surface area contributed by atoms with Gasteiger partial charge in [-0.1, -0.05) is 6.58 Å². The molecule has 1 aliphatic heterocycles. The van der Waals surface area contributed by atoms with Gasteiger partial charge < -0.3 is 18.9 Å². The van der Waals surface area contributed by atoms with Crippen molar-refractivity contribution in [2.24, 2.45) is 0 Å². The van der Waals surface area contributed by atoms with Gasteiger partial charge in [0.25, 0.3) is 0 Å². The van der Waals surface area contributed by atoms with Crippen LogP contribution in [0.5, 0.6) is 0 Å². The van der Waals surface area contributed by atoms with Gasteiger partial charge in [0.2, 0.25) is 6.29 Å². The lowest BCUT2D eigenvalue weighted by Gasteiger charge is -2.17. The molecule has 1 aliphatic rings. The van der Waals surface area contributed by atoms with Crippen molar-refractivity contribution >= 4 is 11.9 Å². The van der Waals surface area contributed by atoms with Gasteiger partial charge in [0.05, 0.1) is 6.61 Å². The van der Waals surface area contributed by atoms with Crippen molar-refractivity contribution in [3.63, 3.8) is 0 Å². The smallest absolute Gasteiger partial charge is 0.349 e. The van der Waals surface area contributed by atoms with Gasteiger partial charge in [0.15, 0.2) is 6.10 Å². The topological polar surface area (TPSA) is 71.1 Å². The van der Waals surface area contributed by atoms with E-state index in [-0.39, 0.29) is 6.61 Å². The Bertz CT molecular complexity index is 280. The van der Waals surface area contributed by atoms with Gasteiger partial charge in [-0.15, -0.1) is 0 Å². The highest BCUT2D eigenvalue weighted by molar-refractivity contribution is 5.84. The number of esters is 2. The lowest BCUT2D eigenvalue weighted by molar-refractivity contribution is -0.195. The molecule has 6 heteroatoms. The maximum absolute atomic E-state index is 11.5. The van der Waals surface area contributed by atoms with E-state index in [1.807, 2.05) is 0 Å². The number of ether oxygens (including phenoxy) is 4. The van der Waals surface area contributed by atoms with Crippen LogP contribution in [0.15, 0.2) is 12.7 Å². The number of hydrogen-bond donors (Lipinski definition) is 0. The van der Waals surface area contributed by atoms with Crippen LogP contribution in [0.4, 0.5) is 0 Å². The normalized spacial score (nSPS) is 22.1. The average Bonchev–Trinajstić information content (AvgIpc) is 2.57. The second-order valence-corrected chi connectivity index (χ2v) is 3.45. The van der Waals surface area contributed by atoms with Gasteiger partial charge in [-0.05, 0) is 13.3 Å². The number of carbonyl (C=O) groups excluding carboxylic acids is 2. The van der Waals surface area contributed by atoms with Crippen LogP contribution in [-0.2, 0) is 28.5 Å². The van der Waals surface area contributed by atoms with Crippen LogP contribution in [0, 0.1) is 0 Å². The van der Waals surface area contributed by atoms with Crippen LogP contribution in [-0.4, -0.2) is 44.2 Å². The standard InChI is InChI=1S/C11H16O6/c1-3-9(12)16-8(2)11(13)17-10-7-14-5-4-6-15-10/h3,8,10H,1,4-7H2,2H3. The summed E-state index contributed by atoms with van der Waals surface area (Å²) in [6.45, 7) is 5.89. The van der Waals surface area contributed by atoms with Crippen molar-refractivity contribution in [3.8, 4) is 0 Å². The van der Waals surface area contributed by atoms with Gasteiger partial charge in [-0.2, -0.15) is 0 Å². The minimum atomic E-state index is -0.993. The third-order valence-electron chi connectivity index (χ3n) is 2.03. The fourth-order valence-corrected chi connectivity index (χ4v) is 1.17. The van der Waals surface area contributed by atoms with Crippen LogP contribution < -0.4 is 0 Å². The second-order valence-electron chi connectivity index (χ2n) is 3.45. The van der Waals surface area contributed by atoms with E-state index in [4.69, 9.17) is 18.9 Å². The molecule has 0 radical (unpaired) electrons. The average molecular weight is 244 g/mol. The Morgan fingerprint density at radius 3 is 2.94 bits per heavy atom. The Hall–Kier alpha value is -1.40. The minimum Gasteiger partial charge on any atom is -0.447 e. The highest BCUT2D eigenvalue weighted by atomic mass is 16.7. The third kappa shape index (κ3) is 4.97. The Morgan fingerprint density at radius 1 is 1.47 bits per heavy atom. The zero-order chi connectivity index (χ0) is 12.7. The zero-order valence-corrected chi connectivity index (χ0v) is 9.72. The SMILES string of the molecule is C=CC(=O)OC(C)C(=O)OC1COCCCO1. The molecule has 0 aromatic carbocycles.